The minimum absolute atomic E-state index is 0.737. The molecule has 0 saturated heterocycles. The molecule has 0 N–H and O–H groups in total. The summed E-state index contributed by atoms with van der Waals surface area (Å²) >= 11 is 9.58. The van der Waals surface area contributed by atoms with Gasteiger partial charge >= 0.3 is 0 Å². The molecule has 0 aliphatic rings. The Morgan fingerprint density at radius 2 is 1.90 bits per heavy atom. The number of hydrogen-bond acceptors (Lipinski definition) is 1. The van der Waals surface area contributed by atoms with Crippen molar-refractivity contribution in [2.24, 2.45) is 0 Å². The smallest absolute Gasteiger partial charge is 0.0670 e. The molecule has 1 heterocycles. The Kier molecular flexibility index (Phi) is 3.90. The van der Waals surface area contributed by atoms with Crippen molar-refractivity contribution in [3.63, 3.8) is 0 Å². The van der Waals surface area contributed by atoms with Crippen molar-refractivity contribution >= 4 is 27.5 Å². The van der Waals surface area contributed by atoms with Crippen LogP contribution >= 0.6 is 27.5 Å². The lowest BCUT2D eigenvalue weighted by Gasteiger charge is -2.04. The van der Waals surface area contributed by atoms with Crippen LogP contribution in [-0.2, 0) is 6.54 Å². The predicted octanol–water partition coefficient (Wildman–Crippen LogP) is 5.01. The Hall–Kier alpha value is -1.58. The van der Waals surface area contributed by atoms with E-state index in [0.717, 1.165) is 27.2 Å². The summed E-state index contributed by atoms with van der Waals surface area (Å²) in [5.74, 6) is 0. The van der Waals surface area contributed by atoms with E-state index in [2.05, 4.69) is 27.1 Å². The largest absolute Gasteiger partial charge is 0.268 e. The third-order valence-electron chi connectivity index (χ3n) is 3.08. The first-order chi connectivity index (χ1) is 9.72. The minimum Gasteiger partial charge on any atom is -0.268 e. The summed E-state index contributed by atoms with van der Waals surface area (Å²) in [6.07, 6.45) is 3.90. The highest BCUT2D eigenvalue weighted by molar-refractivity contribution is 9.10. The van der Waals surface area contributed by atoms with E-state index in [1.165, 1.54) is 5.56 Å². The van der Waals surface area contributed by atoms with Crippen LogP contribution in [0.15, 0.2) is 65.4 Å². The fraction of sp³-hybridized carbons (Fsp3) is 0.0625. The lowest BCUT2D eigenvalue weighted by Crippen LogP contribution is -2.00. The van der Waals surface area contributed by atoms with Gasteiger partial charge in [-0.05, 0) is 29.3 Å². The molecule has 0 atom stereocenters. The van der Waals surface area contributed by atoms with Crippen LogP contribution in [0.1, 0.15) is 5.56 Å². The summed E-state index contributed by atoms with van der Waals surface area (Å²) in [6.45, 7) is 0.738. The number of aromatic nitrogens is 2. The molecule has 100 valence electrons. The molecule has 0 aliphatic heterocycles. The zero-order valence-corrected chi connectivity index (χ0v) is 13.0. The molecule has 0 unspecified atom stereocenters. The van der Waals surface area contributed by atoms with Gasteiger partial charge in [-0.3, -0.25) is 4.68 Å². The van der Waals surface area contributed by atoms with Crippen LogP contribution < -0.4 is 0 Å². The van der Waals surface area contributed by atoms with E-state index in [1.54, 1.807) is 0 Å². The lowest BCUT2D eigenvalue weighted by atomic mass is 10.1. The van der Waals surface area contributed by atoms with Gasteiger partial charge < -0.3 is 0 Å². The first-order valence-corrected chi connectivity index (χ1v) is 7.41. The molecule has 0 fully saturated rings. The first kappa shape index (κ1) is 13.4. The van der Waals surface area contributed by atoms with Crippen molar-refractivity contribution in [3.8, 4) is 11.1 Å². The third kappa shape index (κ3) is 2.94. The number of benzene rings is 2. The van der Waals surface area contributed by atoms with Crippen molar-refractivity contribution in [3.05, 3.63) is 76.0 Å². The second kappa shape index (κ2) is 5.81. The zero-order chi connectivity index (χ0) is 13.9. The quantitative estimate of drug-likeness (QED) is 0.651. The molecule has 2 aromatic carbocycles. The molecule has 0 amide bonds. The van der Waals surface area contributed by atoms with Crippen molar-refractivity contribution in [1.29, 1.82) is 0 Å². The molecular weight excluding hydrogens is 336 g/mol. The number of hydrogen-bond donors (Lipinski definition) is 0. The standard InChI is InChI=1S/C16H12BrClN2/c17-16-7-2-1-4-13(16)10-20-11-14(9-19-20)12-5-3-6-15(18)8-12/h1-9,11H,10H2. The van der Waals surface area contributed by atoms with Crippen molar-refractivity contribution < 1.29 is 0 Å². The third-order valence-corrected chi connectivity index (χ3v) is 4.09. The first-order valence-electron chi connectivity index (χ1n) is 6.24. The molecule has 1 aromatic heterocycles. The van der Waals surface area contributed by atoms with Gasteiger partial charge in [0.05, 0.1) is 12.7 Å². The van der Waals surface area contributed by atoms with Gasteiger partial charge in [0.1, 0.15) is 0 Å². The van der Waals surface area contributed by atoms with E-state index >= 15 is 0 Å². The Labute approximate surface area is 131 Å². The average Bonchev–Trinajstić information content (AvgIpc) is 2.90. The van der Waals surface area contributed by atoms with E-state index in [1.807, 2.05) is 59.5 Å². The van der Waals surface area contributed by atoms with Gasteiger partial charge in [0.25, 0.3) is 0 Å². The summed E-state index contributed by atoms with van der Waals surface area (Å²) < 4.78 is 3.02. The predicted molar refractivity (Wildman–Crippen MR) is 85.9 cm³/mol. The van der Waals surface area contributed by atoms with E-state index < -0.39 is 0 Å². The fourth-order valence-electron chi connectivity index (χ4n) is 2.07. The van der Waals surface area contributed by atoms with Crippen LogP contribution in [-0.4, -0.2) is 9.78 Å². The van der Waals surface area contributed by atoms with Crippen LogP contribution in [0.4, 0.5) is 0 Å². The Morgan fingerprint density at radius 1 is 1.05 bits per heavy atom. The van der Waals surface area contributed by atoms with Crippen LogP contribution in [0, 0.1) is 0 Å². The maximum atomic E-state index is 6.02. The topological polar surface area (TPSA) is 17.8 Å². The molecular formula is C16H12BrClN2. The maximum Gasteiger partial charge on any atom is 0.0670 e. The van der Waals surface area contributed by atoms with Gasteiger partial charge in [-0.2, -0.15) is 5.10 Å². The van der Waals surface area contributed by atoms with Gasteiger partial charge in [-0.1, -0.05) is 57.9 Å². The summed E-state index contributed by atoms with van der Waals surface area (Å²) in [4.78, 5) is 0. The summed E-state index contributed by atoms with van der Waals surface area (Å²) in [5, 5.41) is 5.15. The molecule has 0 spiro atoms. The fourth-order valence-corrected chi connectivity index (χ4v) is 2.67. The Bertz CT molecular complexity index is 737. The SMILES string of the molecule is Clc1cccc(-c2cnn(Cc3ccccc3Br)c2)c1. The highest BCUT2D eigenvalue weighted by Crippen LogP contribution is 2.23. The van der Waals surface area contributed by atoms with Gasteiger partial charge in [-0.15, -0.1) is 0 Å². The van der Waals surface area contributed by atoms with Gasteiger partial charge in [0.15, 0.2) is 0 Å². The summed E-state index contributed by atoms with van der Waals surface area (Å²) in [6, 6.07) is 16.0. The van der Waals surface area contributed by atoms with Crippen LogP contribution in [0.3, 0.4) is 0 Å². The van der Waals surface area contributed by atoms with Crippen LogP contribution in [0.2, 0.25) is 5.02 Å². The highest BCUT2D eigenvalue weighted by Gasteiger charge is 2.04. The minimum atomic E-state index is 0.737. The maximum absolute atomic E-state index is 6.02. The van der Waals surface area contributed by atoms with E-state index in [-0.39, 0.29) is 0 Å². The normalized spacial score (nSPS) is 10.7. The molecule has 3 aromatic rings. The number of halogens is 2. The average molecular weight is 348 g/mol. The Balaban J connectivity index is 1.86. The summed E-state index contributed by atoms with van der Waals surface area (Å²) in [7, 11) is 0. The monoisotopic (exact) mass is 346 g/mol. The van der Waals surface area contributed by atoms with Crippen LogP contribution in [0.5, 0.6) is 0 Å². The lowest BCUT2D eigenvalue weighted by molar-refractivity contribution is 0.685. The molecule has 2 nitrogen and oxygen atoms in total. The van der Waals surface area contributed by atoms with Crippen LogP contribution in [0.25, 0.3) is 11.1 Å². The van der Waals surface area contributed by atoms with Gasteiger partial charge in [-0.25, -0.2) is 0 Å². The second-order valence-corrected chi connectivity index (χ2v) is 5.82. The Morgan fingerprint density at radius 3 is 2.70 bits per heavy atom. The van der Waals surface area contributed by atoms with Gasteiger partial charge in [0.2, 0.25) is 0 Å². The highest BCUT2D eigenvalue weighted by atomic mass is 79.9. The van der Waals surface area contributed by atoms with Crippen molar-refractivity contribution in [2.45, 2.75) is 6.54 Å². The second-order valence-electron chi connectivity index (χ2n) is 4.53. The zero-order valence-electron chi connectivity index (χ0n) is 10.6. The molecule has 0 bridgehead atoms. The summed E-state index contributed by atoms with van der Waals surface area (Å²) in [5.41, 5.74) is 3.35. The number of nitrogens with zero attached hydrogens (tertiary/aromatic N) is 2. The van der Waals surface area contributed by atoms with Gasteiger partial charge in [0, 0.05) is 21.3 Å². The molecule has 4 heteroatoms. The number of rotatable bonds is 3. The molecule has 3 rings (SSSR count). The molecule has 0 aliphatic carbocycles. The van der Waals surface area contributed by atoms with Crippen molar-refractivity contribution in [2.75, 3.05) is 0 Å². The molecule has 0 radical (unpaired) electrons. The van der Waals surface area contributed by atoms with E-state index in [0.29, 0.717) is 0 Å². The molecule has 0 saturated carbocycles. The van der Waals surface area contributed by atoms with Crippen molar-refractivity contribution in [1.82, 2.24) is 9.78 Å². The molecule has 20 heavy (non-hydrogen) atoms. The van der Waals surface area contributed by atoms with E-state index in [4.69, 9.17) is 11.6 Å². The van der Waals surface area contributed by atoms with E-state index in [9.17, 15) is 0 Å².